The molecule has 40 heavy (non-hydrogen) atoms. The molecule has 3 aromatic rings. The van der Waals surface area contributed by atoms with Crippen LogP contribution in [0.15, 0.2) is 60.7 Å². The van der Waals surface area contributed by atoms with Gasteiger partial charge >= 0.3 is 6.61 Å². The topological polar surface area (TPSA) is 108 Å². The van der Waals surface area contributed by atoms with Gasteiger partial charge in [-0.15, -0.1) is 0 Å². The third kappa shape index (κ3) is 6.28. The fourth-order valence-corrected chi connectivity index (χ4v) is 5.12. The molecule has 0 radical (unpaired) electrons. The second-order valence-electron chi connectivity index (χ2n) is 9.35. The Bertz CT molecular complexity index is 1450. The van der Waals surface area contributed by atoms with E-state index in [1.165, 1.54) is 22.1 Å². The Morgan fingerprint density at radius 1 is 1.07 bits per heavy atom. The number of likely N-dealkylation sites (N-methyl/N-ethyl adjacent to an activating group) is 1. The first kappa shape index (κ1) is 29.1. The second kappa shape index (κ2) is 12.5. The fraction of sp³-hybridized carbons (Fsp3) is 0.321. The number of nitrogens with one attached hydrogen (secondary N) is 2. The van der Waals surface area contributed by atoms with Crippen molar-refractivity contribution in [2.45, 2.75) is 32.2 Å². The standard InChI is InChI=1S/C28H30F2N4O5S/c1-17(31-2)26(36)32-21-15-33(25(35)16-40(3)38)22-10-6-7-11-23(22)34(27(21)37)14-20-19-9-5-4-8-18(19)12-13-24(20)39-28(29)30/h4-13,17,21,28,31H,14-16H2,1-3H3,(H,32,36)/t17-,21?,40?/m0/s1. The molecule has 3 amide bonds. The lowest BCUT2D eigenvalue weighted by atomic mass is 10.0. The molecule has 0 saturated carbocycles. The van der Waals surface area contributed by atoms with Crippen LogP contribution < -0.4 is 25.2 Å². The maximum absolute atomic E-state index is 14.1. The number of ether oxygens (including phenoxy) is 1. The number of carbonyl (C=O) groups excluding carboxylic acids is 3. The molecule has 3 aromatic carbocycles. The molecule has 0 spiro atoms. The van der Waals surface area contributed by atoms with E-state index in [1.54, 1.807) is 56.4 Å². The average Bonchev–Trinajstić information content (AvgIpc) is 3.03. The molecule has 0 bridgehead atoms. The molecule has 1 heterocycles. The molecule has 0 fully saturated rings. The molecule has 212 valence electrons. The highest BCUT2D eigenvalue weighted by molar-refractivity contribution is 7.85. The summed E-state index contributed by atoms with van der Waals surface area (Å²) >= 11 is 0. The van der Waals surface area contributed by atoms with E-state index in [-0.39, 0.29) is 24.6 Å². The minimum absolute atomic E-state index is 0.0954. The Kier molecular flexibility index (Phi) is 9.10. The summed E-state index contributed by atoms with van der Waals surface area (Å²) in [5.41, 5.74) is 1.03. The van der Waals surface area contributed by atoms with Crippen LogP contribution in [0.1, 0.15) is 12.5 Å². The van der Waals surface area contributed by atoms with Gasteiger partial charge in [-0.1, -0.05) is 42.5 Å². The van der Waals surface area contributed by atoms with Gasteiger partial charge in [-0.3, -0.25) is 18.6 Å². The SMILES string of the molecule is CN[C@@H](C)C(=O)NC1CN(C(=O)CS(C)=O)c2ccccc2N(Cc2c(OC(F)F)ccc3ccccc23)C1=O. The number of anilines is 2. The number of halogens is 2. The maximum atomic E-state index is 14.1. The van der Waals surface area contributed by atoms with Gasteiger partial charge in [0.25, 0.3) is 5.91 Å². The van der Waals surface area contributed by atoms with Crippen molar-refractivity contribution in [2.24, 2.45) is 0 Å². The third-order valence-electron chi connectivity index (χ3n) is 6.69. The van der Waals surface area contributed by atoms with Crippen LogP contribution in [0.3, 0.4) is 0 Å². The summed E-state index contributed by atoms with van der Waals surface area (Å²) in [5, 5.41) is 6.89. The lowest BCUT2D eigenvalue weighted by Crippen LogP contribution is -2.56. The van der Waals surface area contributed by atoms with Gasteiger partial charge in [-0.05, 0) is 42.9 Å². The molecule has 9 nitrogen and oxygen atoms in total. The van der Waals surface area contributed by atoms with Gasteiger partial charge in [0.15, 0.2) is 0 Å². The van der Waals surface area contributed by atoms with Crippen LogP contribution >= 0.6 is 0 Å². The van der Waals surface area contributed by atoms with Gasteiger partial charge in [0, 0.05) is 22.6 Å². The zero-order chi connectivity index (χ0) is 29.0. The molecular weight excluding hydrogens is 542 g/mol. The van der Waals surface area contributed by atoms with Crippen molar-refractivity contribution in [3.05, 3.63) is 66.2 Å². The molecule has 1 aliphatic heterocycles. The van der Waals surface area contributed by atoms with Crippen molar-refractivity contribution in [3.63, 3.8) is 0 Å². The molecule has 0 aliphatic carbocycles. The number of fused-ring (bicyclic) bond motifs is 2. The average molecular weight is 573 g/mol. The predicted octanol–water partition coefficient (Wildman–Crippen LogP) is 2.79. The molecule has 4 rings (SSSR count). The highest BCUT2D eigenvalue weighted by Gasteiger charge is 2.38. The zero-order valence-corrected chi connectivity index (χ0v) is 23.0. The molecule has 2 unspecified atom stereocenters. The first-order valence-electron chi connectivity index (χ1n) is 12.5. The van der Waals surface area contributed by atoms with Gasteiger partial charge < -0.3 is 25.2 Å². The van der Waals surface area contributed by atoms with E-state index in [9.17, 15) is 27.4 Å². The van der Waals surface area contributed by atoms with Crippen LogP contribution in [0.5, 0.6) is 5.75 Å². The van der Waals surface area contributed by atoms with Crippen molar-refractivity contribution in [2.75, 3.05) is 35.4 Å². The Labute approximate surface area is 232 Å². The fourth-order valence-electron chi connectivity index (χ4n) is 4.62. The number of para-hydroxylation sites is 2. The molecule has 1 aliphatic rings. The van der Waals surface area contributed by atoms with Crippen molar-refractivity contribution >= 4 is 50.7 Å². The summed E-state index contributed by atoms with van der Waals surface area (Å²) in [4.78, 5) is 42.9. The summed E-state index contributed by atoms with van der Waals surface area (Å²) in [6.45, 7) is -1.86. The minimum atomic E-state index is -3.09. The van der Waals surface area contributed by atoms with Crippen molar-refractivity contribution < 1.29 is 32.1 Å². The van der Waals surface area contributed by atoms with E-state index >= 15 is 0 Å². The Hall–Kier alpha value is -3.90. The summed E-state index contributed by atoms with van der Waals surface area (Å²) in [5.74, 6) is -1.89. The summed E-state index contributed by atoms with van der Waals surface area (Å²) in [7, 11) is 0.137. The van der Waals surface area contributed by atoms with E-state index in [4.69, 9.17) is 4.74 Å². The van der Waals surface area contributed by atoms with Crippen molar-refractivity contribution in [1.29, 1.82) is 0 Å². The van der Waals surface area contributed by atoms with Crippen LogP contribution in [0.4, 0.5) is 20.2 Å². The summed E-state index contributed by atoms with van der Waals surface area (Å²) in [6.07, 6.45) is 1.40. The van der Waals surface area contributed by atoms with Crippen LogP contribution in [0.25, 0.3) is 10.8 Å². The lowest BCUT2D eigenvalue weighted by molar-refractivity contribution is -0.128. The number of nitrogens with zero attached hydrogens (tertiary/aromatic N) is 2. The lowest BCUT2D eigenvalue weighted by Gasteiger charge is -2.27. The summed E-state index contributed by atoms with van der Waals surface area (Å²) in [6, 6.07) is 15.0. The highest BCUT2D eigenvalue weighted by atomic mass is 32.2. The second-order valence-corrected chi connectivity index (χ2v) is 10.8. The van der Waals surface area contributed by atoms with Gasteiger partial charge in [-0.25, -0.2) is 0 Å². The number of benzene rings is 3. The van der Waals surface area contributed by atoms with Crippen LogP contribution in [0, 0.1) is 0 Å². The van der Waals surface area contributed by atoms with E-state index in [2.05, 4.69) is 10.6 Å². The van der Waals surface area contributed by atoms with Gasteiger partial charge in [0.2, 0.25) is 11.8 Å². The van der Waals surface area contributed by atoms with E-state index in [1.807, 2.05) is 12.1 Å². The monoisotopic (exact) mass is 572 g/mol. The Balaban J connectivity index is 1.87. The number of hydrogen-bond acceptors (Lipinski definition) is 6. The molecular formula is C28H30F2N4O5S. The highest BCUT2D eigenvalue weighted by Crippen LogP contribution is 2.37. The first-order valence-corrected chi connectivity index (χ1v) is 14.3. The van der Waals surface area contributed by atoms with Crippen LogP contribution in [-0.2, 0) is 31.7 Å². The zero-order valence-electron chi connectivity index (χ0n) is 22.2. The van der Waals surface area contributed by atoms with Crippen LogP contribution in [-0.4, -0.2) is 66.2 Å². The number of amides is 3. The molecule has 12 heteroatoms. The first-order chi connectivity index (χ1) is 19.1. The van der Waals surface area contributed by atoms with Gasteiger partial charge in [0.1, 0.15) is 17.5 Å². The third-order valence-corrected chi connectivity index (χ3v) is 7.35. The summed E-state index contributed by atoms with van der Waals surface area (Å²) < 4.78 is 43.6. The predicted molar refractivity (Wildman–Crippen MR) is 150 cm³/mol. The largest absolute Gasteiger partial charge is 0.434 e. The Morgan fingerprint density at radius 3 is 2.42 bits per heavy atom. The quantitative estimate of drug-likeness (QED) is 0.409. The van der Waals surface area contributed by atoms with E-state index in [0.29, 0.717) is 22.3 Å². The molecule has 0 saturated heterocycles. The molecule has 3 atom stereocenters. The Morgan fingerprint density at radius 2 is 1.75 bits per heavy atom. The molecule has 0 aromatic heterocycles. The smallest absolute Gasteiger partial charge is 0.387 e. The van der Waals surface area contributed by atoms with Gasteiger partial charge in [-0.2, -0.15) is 8.78 Å². The number of carbonyl (C=O) groups is 3. The molecule has 2 N–H and O–H groups in total. The van der Waals surface area contributed by atoms with Crippen molar-refractivity contribution in [1.82, 2.24) is 10.6 Å². The van der Waals surface area contributed by atoms with Crippen molar-refractivity contribution in [3.8, 4) is 5.75 Å². The van der Waals surface area contributed by atoms with Crippen LogP contribution in [0.2, 0.25) is 0 Å². The number of rotatable bonds is 9. The van der Waals surface area contributed by atoms with E-state index in [0.717, 1.165) is 5.39 Å². The number of alkyl halides is 2. The normalized spacial score (nSPS) is 16.9. The van der Waals surface area contributed by atoms with Gasteiger partial charge in [0.05, 0.1) is 30.5 Å². The van der Waals surface area contributed by atoms with E-state index < -0.39 is 47.2 Å². The maximum Gasteiger partial charge on any atom is 0.387 e. The minimum Gasteiger partial charge on any atom is -0.434 e. The number of hydrogen-bond donors (Lipinski definition) is 2.